The molecule has 1 aliphatic heterocycles. The highest BCUT2D eigenvalue weighted by Crippen LogP contribution is 2.35. The third-order valence-electron chi connectivity index (χ3n) is 5.20. The van der Waals surface area contributed by atoms with E-state index in [1.807, 2.05) is 30.3 Å². The topological polar surface area (TPSA) is 90.1 Å². The highest BCUT2D eigenvalue weighted by atomic mass is 35.5. The summed E-state index contributed by atoms with van der Waals surface area (Å²) in [5, 5.41) is 10.1. The van der Waals surface area contributed by atoms with E-state index in [1.54, 1.807) is 32.1 Å². The normalized spacial score (nSPS) is 15.8. The molecule has 0 aliphatic carbocycles. The summed E-state index contributed by atoms with van der Waals surface area (Å²) in [6, 6.07) is 11.8. The molecule has 2 aromatic carbocycles. The van der Waals surface area contributed by atoms with Crippen molar-refractivity contribution in [2.75, 3.05) is 13.7 Å². The summed E-state index contributed by atoms with van der Waals surface area (Å²) in [6.45, 7) is 3.69. The van der Waals surface area contributed by atoms with Gasteiger partial charge in [0, 0.05) is 0 Å². The van der Waals surface area contributed by atoms with Gasteiger partial charge in [0.2, 0.25) is 0 Å². The Balaban J connectivity index is 1.95. The van der Waals surface area contributed by atoms with Crippen molar-refractivity contribution in [3.63, 3.8) is 0 Å². The summed E-state index contributed by atoms with van der Waals surface area (Å²) in [6.07, 6.45) is 1.66. The van der Waals surface area contributed by atoms with Gasteiger partial charge in [0.25, 0.3) is 5.56 Å². The number of benzene rings is 2. The summed E-state index contributed by atoms with van der Waals surface area (Å²) < 4.78 is 12.4. The number of phenolic OH excluding ortho intramolecular Hbond substituents is 1. The fourth-order valence-corrected chi connectivity index (χ4v) is 4.99. The van der Waals surface area contributed by atoms with E-state index in [1.165, 1.54) is 23.0 Å². The third kappa shape index (κ3) is 4.19. The molecular formula is C24H21ClN2O5S. The Morgan fingerprint density at radius 3 is 2.70 bits per heavy atom. The van der Waals surface area contributed by atoms with Gasteiger partial charge in [-0.15, -0.1) is 0 Å². The number of fused-ring (bicyclic) bond motifs is 1. The van der Waals surface area contributed by atoms with Crippen LogP contribution in [-0.4, -0.2) is 29.4 Å². The molecule has 0 saturated carbocycles. The first kappa shape index (κ1) is 22.8. The van der Waals surface area contributed by atoms with Gasteiger partial charge < -0.3 is 14.6 Å². The van der Waals surface area contributed by atoms with Crippen molar-refractivity contribution in [1.82, 2.24) is 4.57 Å². The van der Waals surface area contributed by atoms with Crippen LogP contribution < -0.4 is 19.6 Å². The number of halogens is 1. The van der Waals surface area contributed by atoms with Gasteiger partial charge in [0.1, 0.15) is 0 Å². The second-order valence-electron chi connectivity index (χ2n) is 7.27. The number of methoxy groups -OCH3 is 1. The van der Waals surface area contributed by atoms with Crippen LogP contribution in [0.15, 0.2) is 63.5 Å². The zero-order valence-electron chi connectivity index (χ0n) is 18.2. The molecule has 1 N–H and O–H groups in total. The van der Waals surface area contributed by atoms with Crippen molar-refractivity contribution in [1.29, 1.82) is 0 Å². The molecule has 2 heterocycles. The number of carbonyl (C=O) groups is 1. The average Bonchev–Trinajstić information content (AvgIpc) is 3.10. The molecule has 1 aromatic heterocycles. The average molecular weight is 485 g/mol. The monoisotopic (exact) mass is 484 g/mol. The van der Waals surface area contributed by atoms with E-state index in [0.717, 1.165) is 5.56 Å². The first-order chi connectivity index (χ1) is 15.8. The molecule has 0 fully saturated rings. The number of phenols is 1. The molecule has 0 saturated heterocycles. The Hall–Kier alpha value is -3.36. The van der Waals surface area contributed by atoms with Gasteiger partial charge >= 0.3 is 5.97 Å². The van der Waals surface area contributed by atoms with Crippen LogP contribution in [0.1, 0.15) is 31.0 Å². The minimum atomic E-state index is -0.665. The molecule has 1 atom stereocenters. The number of hydrogen-bond acceptors (Lipinski definition) is 7. The quantitative estimate of drug-likeness (QED) is 0.562. The maximum Gasteiger partial charge on any atom is 0.338 e. The van der Waals surface area contributed by atoms with Crippen LogP contribution in [0.2, 0.25) is 5.02 Å². The maximum absolute atomic E-state index is 13.5. The number of ether oxygens (including phenoxy) is 2. The molecule has 33 heavy (non-hydrogen) atoms. The van der Waals surface area contributed by atoms with Gasteiger partial charge in [-0.05, 0) is 43.2 Å². The van der Waals surface area contributed by atoms with Gasteiger partial charge in [-0.3, -0.25) is 9.36 Å². The molecule has 0 spiro atoms. The lowest BCUT2D eigenvalue weighted by Crippen LogP contribution is -2.39. The molecule has 9 heteroatoms. The van der Waals surface area contributed by atoms with E-state index in [9.17, 15) is 14.7 Å². The number of thiazole rings is 1. The van der Waals surface area contributed by atoms with Crippen LogP contribution >= 0.6 is 22.9 Å². The van der Waals surface area contributed by atoms with E-state index < -0.39 is 12.0 Å². The highest BCUT2D eigenvalue weighted by molar-refractivity contribution is 7.07. The van der Waals surface area contributed by atoms with Gasteiger partial charge in [-0.1, -0.05) is 53.3 Å². The van der Waals surface area contributed by atoms with Crippen LogP contribution in [0, 0.1) is 0 Å². The van der Waals surface area contributed by atoms with Crippen molar-refractivity contribution in [3.05, 3.63) is 89.6 Å². The largest absolute Gasteiger partial charge is 0.503 e. The minimum Gasteiger partial charge on any atom is -0.503 e. The zero-order chi connectivity index (χ0) is 23.7. The summed E-state index contributed by atoms with van der Waals surface area (Å²) in [4.78, 5) is 31.4. The van der Waals surface area contributed by atoms with Crippen LogP contribution in [0.4, 0.5) is 0 Å². The predicted octanol–water partition coefficient (Wildman–Crippen LogP) is 3.17. The Morgan fingerprint density at radius 1 is 1.30 bits per heavy atom. The van der Waals surface area contributed by atoms with Crippen molar-refractivity contribution >= 4 is 35.0 Å². The van der Waals surface area contributed by atoms with Gasteiger partial charge in [0.05, 0.1) is 40.6 Å². The standard InChI is InChI=1S/C24H21ClN2O5S/c1-4-32-23(30)19-13(2)26-24-27(20(19)15-8-6-5-7-9-15)22(29)18(33-24)12-14-10-16(25)21(28)17(11-14)31-3/h5-12,20,28H,4H2,1-3H3. The molecule has 1 unspecified atom stereocenters. The number of aromatic nitrogens is 1. The summed E-state index contributed by atoms with van der Waals surface area (Å²) in [5.41, 5.74) is 1.89. The van der Waals surface area contributed by atoms with Gasteiger partial charge in [-0.2, -0.15) is 0 Å². The molecule has 1 aliphatic rings. The number of nitrogens with zero attached hydrogens (tertiary/aromatic N) is 2. The van der Waals surface area contributed by atoms with Crippen LogP contribution in [-0.2, 0) is 9.53 Å². The summed E-state index contributed by atoms with van der Waals surface area (Å²) in [5.74, 6) is -0.474. The number of esters is 1. The number of carbonyl (C=O) groups excluding carboxylic acids is 1. The SMILES string of the molecule is CCOC(=O)C1=C(C)N=c2sc(=Cc3cc(Cl)c(O)c(OC)c3)c(=O)n2C1c1ccccc1. The predicted molar refractivity (Wildman–Crippen MR) is 127 cm³/mol. The van der Waals surface area contributed by atoms with Gasteiger partial charge in [-0.25, -0.2) is 9.79 Å². The Bertz CT molecular complexity index is 1440. The molecule has 3 aromatic rings. The number of hydrogen-bond donors (Lipinski definition) is 1. The lowest BCUT2D eigenvalue weighted by atomic mass is 9.96. The summed E-state index contributed by atoms with van der Waals surface area (Å²) in [7, 11) is 1.42. The number of aromatic hydroxyl groups is 1. The summed E-state index contributed by atoms with van der Waals surface area (Å²) >= 11 is 7.31. The fraction of sp³-hybridized carbons (Fsp3) is 0.208. The lowest BCUT2D eigenvalue weighted by Gasteiger charge is -2.24. The smallest absolute Gasteiger partial charge is 0.338 e. The Labute approximate surface area is 198 Å². The minimum absolute atomic E-state index is 0.107. The van der Waals surface area contributed by atoms with Crippen LogP contribution in [0.3, 0.4) is 0 Å². The Morgan fingerprint density at radius 2 is 2.03 bits per heavy atom. The molecule has 170 valence electrons. The Kier molecular flexibility index (Phi) is 6.40. The second-order valence-corrected chi connectivity index (χ2v) is 8.68. The molecule has 7 nitrogen and oxygen atoms in total. The van der Waals surface area contributed by atoms with Crippen LogP contribution in [0.5, 0.6) is 11.5 Å². The molecule has 4 rings (SSSR count). The first-order valence-corrected chi connectivity index (χ1v) is 11.4. The number of rotatable bonds is 5. The highest BCUT2D eigenvalue weighted by Gasteiger charge is 2.33. The van der Waals surface area contributed by atoms with Crippen molar-refractivity contribution in [2.24, 2.45) is 4.99 Å². The first-order valence-electron chi connectivity index (χ1n) is 10.2. The van der Waals surface area contributed by atoms with E-state index in [0.29, 0.717) is 26.2 Å². The van der Waals surface area contributed by atoms with Crippen molar-refractivity contribution in [2.45, 2.75) is 19.9 Å². The van der Waals surface area contributed by atoms with Crippen molar-refractivity contribution in [3.8, 4) is 11.5 Å². The number of allylic oxidation sites excluding steroid dienone is 1. The molecule has 0 amide bonds. The third-order valence-corrected chi connectivity index (χ3v) is 6.47. The van der Waals surface area contributed by atoms with E-state index in [4.69, 9.17) is 21.1 Å². The lowest BCUT2D eigenvalue weighted by molar-refractivity contribution is -0.139. The zero-order valence-corrected chi connectivity index (χ0v) is 19.7. The molecular weight excluding hydrogens is 464 g/mol. The molecule has 0 bridgehead atoms. The van der Waals surface area contributed by atoms with Crippen molar-refractivity contribution < 1.29 is 19.4 Å². The maximum atomic E-state index is 13.5. The van der Waals surface area contributed by atoms with Crippen LogP contribution in [0.25, 0.3) is 6.08 Å². The van der Waals surface area contributed by atoms with E-state index in [-0.39, 0.29) is 28.7 Å². The molecule has 0 radical (unpaired) electrons. The second kappa shape index (κ2) is 9.25. The van der Waals surface area contributed by atoms with E-state index in [2.05, 4.69) is 4.99 Å². The van der Waals surface area contributed by atoms with E-state index >= 15 is 0 Å². The fourth-order valence-electron chi connectivity index (χ4n) is 3.73. The van der Waals surface area contributed by atoms with Gasteiger partial charge in [0.15, 0.2) is 16.3 Å².